The summed E-state index contributed by atoms with van der Waals surface area (Å²) in [5.41, 5.74) is 1.86. The first-order valence-corrected chi connectivity index (χ1v) is 8.92. The molecule has 0 bridgehead atoms. The number of rotatable bonds is 3. The molecule has 0 amide bonds. The third-order valence-corrected chi connectivity index (χ3v) is 5.14. The van der Waals surface area contributed by atoms with Crippen molar-refractivity contribution in [3.05, 3.63) is 68.6 Å². The zero-order chi connectivity index (χ0) is 20.0. The van der Waals surface area contributed by atoms with Crippen molar-refractivity contribution < 1.29 is 13.9 Å². The Labute approximate surface area is 164 Å². The van der Waals surface area contributed by atoms with E-state index in [-0.39, 0.29) is 34.6 Å². The Morgan fingerprint density at radius 1 is 1.29 bits per heavy atom. The zero-order valence-corrected chi connectivity index (χ0v) is 16.2. The van der Waals surface area contributed by atoms with Crippen LogP contribution in [-0.4, -0.2) is 20.5 Å². The molecule has 7 nitrogen and oxygen atoms in total. The van der Waals surface area contributed by atoms with Crippen LogP contribution >= 0.6 is 11.6 Å². The highest BCUT2D eigenvalue weighted by molar-refractivity contribution is 6.32. The standard InChI is InChI=1S/C20H16ClN3O4/c1-10-12-6-4-5-7-13(12)23-14(17(10)21)8-27-20(26)15-11(2)28-18-16(15)19(25)24(3)9-22-18/h4-7,9H,8H2,1-3H3. The molecule has 0 aliphatic heterocycles. The van der Waals surface area contributed by atoms with Crippen LogP contribution < -0.4 is 5.56 Å². The number of nitrogens with zero attached hydrogens (tertiary/aromatic N) is 3. The average Bonchev–Trinajstić information content (AvgIpc) is 3.03. The second kappa shape index (κ2) is 6.76. The minimum atomic E-state index is -0.690. The summed E-state index contributed by atoms with van der Waals surface area (Å²) in [5.74, 6) is -0.422. The number of halogens is 1. The molecule has 4 rings (SSSR count). The summed E-state index contributed by atoms with van der Waals surface area (Å²) in [6.07, 6.45) is 1.34. The highest BCUT2D eigenvalue weighted by atomic mass is 35.5. The highest BCUT2D eigenvalue weighted by Gasteiger charge is 2.24. The van der Waals surface area contributed by atoms with Gasteiger partial charge in [-0.2, -0.15) is 0 Å². The molecule has 28 heavy (non-hydrogen) atoms. The molecule has 0 radical (unpaired) electrons. The van der Waals surface area contributed by atoms with Gasteiger partial charge in [-0.1, -0.05) is 29.8 Å². The Morgan fingerprint density at radius 3 is 2.82 bits per heavy atom. The first kappa shape index (κ1) is 18.2. The molecule has 0 aliphatic carbocycles. The minimum absolute atomic E-state index is 0.0670. The summed E-state index contributed by atoms with van der Waals surface area (Å²) >= 11 is 6.42. The van der Waals surface area contributed by atoms with Gasteiger partial charge in [0, 0.05) is 12.4 Å². The van der Waals surface area contributed by atoms with Crippen LogP contribution in [0.5, 0.6) is 0 Å². The number of carbonyl (C=O) groups excluding carboxylic acids is 1. The summed E-state index contributed by atoms with van der Waals surface area (Å²) in [5, 5.41) is 1.48. The monoisotopic (exact) mass is 397 g/mol. The summed E-state index contributed by atoms with van der Waals surface area (Å²) < 4.78 is 12.1. The van der Waals surface area contributed by atoms with E-state index in [2.05, 4.69) is 9.97 Å². The van der Waals surface area contributed by atoms with Crippen molar-refractivity contribution in [2.24, 2.45) is 7.05 Å². The van der Waals surface area contributed by atoms with Crippen molar-refractivity contribution in [3.8, 4) is 0 Å². The van der Waals surface area contributed by atoms with E-state index in [0.29, 0.717) is 10.7 Å². The molecular formula is C20H16ClN3O4. The maximum atomic E-state index is 12.7. The lowest BCUT2D eigenvalue weighted by atomic mass is 10.1. The Morgan fingerprint density at radius 2 is 2.04 bits per heavy atom. The summed E-state index contributed by atoms with van der Waals surface area (Å²) in [7, 11) is 1.55. The summed E-state index contributed by atoms with van der Waals surface area (Å²) in [6, 6.07) is 7.59. The Bertz CT molecular complexity index is 1310. The molecule has 0 unspecified atom stereocenters. The lowest BCUT2D eigenvalue weighted by molar-refractivity contribution is 0.0468. The largest absolute Gasteiger partial charge is 0.455 e. The number of aryl methyl sites for hydroxylation is 3. The molecule has 0 atom stereocenters. The number of aromatic nitrogens is 3. The first-order valence-electron chi connectivity index (χ1n) is 8.54. The van der Waals surface area contributed by atoms with Gasteiger partial charge in [0.1, 0.15) is 29.6 Å². The van der Waals surface area contributed by atoms with Gasteiger partial charge < -0.3 is 13.7 Å². The number of esters is 1. The van der Waals surface area contributed by atoms with E-state index in [9.17, 15) is 9.59 Å². The van der Waals surface area contributed by atoms with Crippen LogP contribution in [0, 0.1) is 13.8 Å². The number of ether oxygens (including phenoxy) is 1. The van der Waals surface area contributed by atoms with Gasteiger partial charge in [0.25, 0.3) is 5.56 Å². The number of hydrogen-bond donors (Lipinski definition) is 0. The van der Waals surface area contributed by atoms with Gasteiger partial charge >= 0.3 is 5.97 Å². The van der Waals surface area contributed by atoms with Crippen LogP contribution in [0.2, 0.25) is 5.02 Å². The van der Waals surface area contributed by atoms with Crippen LogP contribution in [0.3, 0.4) is 0 Å². The molecular weight excluding hydrogens is 382 g/mol. The number of furan rings is 1. The quantitative estimate of drug-likeness (QED) is 0.490. The molecule has 3 aromatic heterocycles. The van der Waals surface area contributed by atoms with E-state index in [1.165, 1.54) is 10.9 Å². The maximum Gasteiger partial charge on any atom is 0.343 e. The van der Waals surface area contributed by atoms with Crippen molar-refractivity contribution in [2.75, 3.05) is 0 Å². The topological polar surface area (TPSA) is 87.2 Å². The SMILES string of the molecule is Cc1oc2ncn(C)c(=O)c2c1C(=O)OCc1nc2ccccc2c(C)c1Cl. The number of carbonyl (C=O) groups is 1. The van der Waals surface area contributed by atoms with Crippen LogP contribution in [0.1, 0.15) is 27.4 Å². The van der Waals surface area contributed by atoms with Gasteiger partial charge in [-0.15, -0.1) is 0 Å². The van der Waals surface area contributed by atoms with E-state index in [0.717, 1.165) is 16.5 Å². The fraction of sp³-hybridized carbons (Fsp3) is 0.200. The van der Waals surface area contributed by atoms with E-state index in [1.807, 2.05) is 31.2 Å². The van der Waals surface area contributed by atoms with Crippen molar-refractivity contribution >= 4 is 39.6 Å². The number of para-hydroxylation sites is 1. The van der Waals surface area contributed by atoms with E-state index < -0.39 is 5.97 Å². The van der Waals surface area contributed by atoms with Crippen molar-refractivity contribution in [1.29, 1.82) is 0 Å². The second-order valence-corrected chi connectivity index (χ2v) is 6.84. The third-order valence-electron chi connectivity index (χ3n) is 4.64. The third kappa shape index (κ3) is 2.84. The lowest BCUT2D eigenvalue weighted by Gasteiger charge is -2.10. The fourth-order valence-electron chi connectivity index (χ4n) is 3.15. The Kier molecular flexibility index (Phi) is 4.39. The summed E-state index contributed by atoms with van der Waals surface area (Å²) in [4.78, 5) is 33.6. The minimum Gasteiger partial charge on any atom is -0.455 e. The Hall–Kier alpha value is -3.19. The average molecular weight is 398 g/mol. The number of fused-ring (bicyclic) bond motifs is 2. The first-order chi connectivity index (χ1) is 13.4. The molecule has 0 spiro atoms. The molecule has 1 aromatic carbocycles. The molecule has 142 valence electrons. The van der Waals surface area contributed by atoms with Crippen LogP contribution in [-0.2, 0) is 18.4 Å². The molecule has 3 heterocycles. The van der Waals surface area contributed by atoms with Gasteiger partial charge in [-0.3, -0.25) is 4.79 Å². The molecule has 0 saturated heterocycles. The van der Waals surface area contributed by atoms with Gasteiger partial charge in [0.2, 0.25) is 5.71 Å². The smallest absolute Gasteiger partial charge is 0.343 e. The summed E-state index contributed by atoms with van der Waals surface area (Å²) in [6.45, 7) is 3.35. The maximum absolute atomic E-state index is 12.7. The number of pyridine rings is 1. The molecule has 4 aromatic rings. The molecule has 8 heteroatoms. The molecule has 0 fully saturated rings. The highest BCUT2D eigenvalue weighted by Crippen LogP contribution is 2.28. The van der Waals surface area contributed by atoms with E-state index in [4.69, 9.17) is 20.8 Å². The number of benzene rings is 1. The molecule has 0 aliphatic rings. The van der Waals surface area contributed by atoms with Gasteiger partial charge in [0.15, 0.2) is 0 Å². The van der Waals surface area contributed by atoms with Gasteiger partial charge in [-0.25, -0.2) is 14.8 Å². The zero-order valence-electron chi connectivity index (χ0n) is 15.4. The second-order valence-electron chi connectivity index (χ2n) is 6.46. The predicted molar refractivity (Wildman–Crippen MR) is 105 cm³/mol. The lowest BCUT2D eigenvalue weighted by Crippen LogP contribution is -2.19. The Balaban J connectivity index is 1.69. The van der Waals surface area contributed by atoms with Gasteiger partial charge in [0.05, 0.1) is 16.2 Å². The molecule has 0 saturated carbocycles. The van der Waals surface area contributed by atoms with Crippen LogP contribution in [0.25, 0.3) is 22.0 Å². The van der Waals surface area contributed by atoms with Crippen molar-refractivity contribution in [1.82, 2.24) is 14.5 Å². The fourth-order valence-corrected chi connectivity index (χ4v) is 3.35. The van der Waals surface area contributed by atoms with Gasteiger partial charge in [-0.05, 0) is 25.5 Å². The van der Waals surface area contributed by atoms with Crippen LogP contribution in [0.4, 0.5) is 0 Å². The van der Waals surface area contributed by atoms with Crippen LogP contribution in [0.15, 0.2) is 39.8 Å². The van der Waals surface area contributed by atoms with Crippen molar-refractivity contribution in [2.45, 2.75) is 20.5 Å². The van der Waals surface area contributed by atoms with Crippen molar-refractivity contribution in [3.63, 3.8) is 0 Å². The van der Waals surface area contributed by atoms with E-state index in [1.54, 1.807) is 14.0 Å². The predicted octanol–water partition coefficient (Wildman–Crippen LogP) is 3.70. The normalized spacial score (nSPS) is 11.3. The molecule has 0 N–H and O–H groups in total. The van der Waals surface area contributed by atoms with E-state index >= 15 is 0 Å². The number of hydrogen-bond acceptors (Lipinski definition) is 6.